The molecule has 1 aliphatic rings. The Balaban J connectivity index is 1.67. The summed E-state index contributed by atoms with van der Waals surface area (Å²) in [5.74, 6) is -0.571. The zero-order chi connectivity index (χ0) is 18.9. The smallest absolute Gasteiger partial charge is 0.251 e. The van der Waals surface area contributed by atoms with Crippen LogP contribution >= 0.6 is 15.9 Å². The first-order chi connectivity index (χ1) is 12.3. The van der Waals surface area contributed by atoms with Crippen LogP contribution in [-0.4, -0.2) is 26.3 Å². The SMILES string of the molecule is NS(=O)(=O)c1ccc(CNC2CC(=O)N(c3ccc(Br)cc3)C2=O)cc1. The molecule has 3 rings (SSSR count). The van der Waals surface area contributed by atoms with E-state index in [4.69, 9.17) is 5.14 Å². The number of hydrogen-bond donors (Lipinski definition) is 2. The van der Waals surface area contributed by atoms with Crippen LogP contribution in [0.5, 0.6) is 0 Å². The summed E-state index contributed by atoms with van der Waals surface area (Å²) < 4.78 is 23.4. The van der Waals surface area contributed by atoms with Gasteiger partial charge in [0, 0.05) is 11.0 Å². The maximum atomic E-state index is 12.5. The van der Waals surface area contributed by atoms with E-state index in [1.807, 2.05) is 0 Å². The molecule has 9 heteroatoms. The molecule has 2 amide bonds. The van der Waals surface area contributed by atoms with E-state index in [0.717, 1.165) is 10.0 Å². The molecule has 0 bridgehead atoms. The average Bonchev–Trinajstić information content (AvgIpc) is 2.87. The van der Waals surface area contributed by atoms with Crippen LogP contribution in [0.4, 0.5) is 5.69 Å². The van der Waals surface area contributed by atoms with Gasteiger partial charge in [-0.15, -0.1) is 0 Å². The third-order valence-electron chi connectivity index (χ3n) is 4.04. The number of hydrogen-bond acceptors (Lipinski definition) is 5. The Morgan fingerprint density at radius 1 is 1.08 bits per heavy atom. The zero-order valence-electron chi connectivity index (χ0n) is 13.6. The lowest BCUT2D eigenvalue weighted by molar-refractivity contribution is -0.121. The van der Waals surface area contributed by atoms with E-state index in [1.54, 1.807) is 36.4 Å². The van der Waals surface area contributed by atoms with Crippen molar-refractivity contribution >= 4 is 43.5 Å². The van der Waals surface area contributed by atoms with Gasteiger partial charge in [-0.3, -0.25) is 9.59 Å². The molecular weight excluding hydrogens is 422 g/mol. The van der Waals surface area contributed by atoms with Gasteiger partial charge in [0.1, 0.15) is 0 Å². The number of sulfonamides is 1. The Morgan fingerprint density at radius 2 is 1.69 bits per heavy atom. The Bertz CT molecular complexity index is 943. The second-order valence-electron chi connectivity index (χ2n) is 5.87. The highest BCUT2D eigenvalue weighted by molar-refractivity contribution is 9.10. The molecule has 3 N–H and O–H groups in total. The normalized spacial score (nSPS) is 17.8. The molecule has 1 unspecified atom stereocenters. The summed E-state index contributed by atoms with van der Waals surface area (Å²) >= 11 is 3.32. The first-order valence-electron chi connectivity index (χ1n) is 7.73. The molecule has 0 spiro atoms. The largest absolute Gasteiger partial charge is 0.301 e. The number of rotatable bonds is 5. The van der Waals surface area contributed by atoms with Crippen LogP contribution in [0.15, 0.2) is 57.9 Å². The molecular formula is C17H16BrN3O4S. The van der Waals surface area contributed by atoms with E-state index in [1.165, 1.54) is 17.0 Å². The van der Waals surface area contributed by atoms with Crippen molar-refractivity contribution in [2.24, 2.45) is 5.14 Å². The number of anilines is 1. The van der Waals surface area contributed by atoms with Gasteiger partial charge in [-0.1, -0.05) is 28.1 Å². The van der Waals surface area contributed by atoms with E-state index >= 15 is 0 Å². The van der Waals surface area contributed by atoms with Crippen LogP contribution in [0.2, 0.25) is 0 Å². The number of carbonyl (C=O) groups excluding carboxylic acids is 2. The Hall–Kier alpha value is -2.07. The molecule has 0 aliphatic carbocycles. The van der Waals surface area contributed by atoms with Crippen molar-refractivity contribution in [1.29, 1.82) is 0 Å². The Kier molecular flexibility index (Phi) is 5.24. The van der Waals surface area contributed by atoms with Crippen LogP contribution in [-0.2, 0) is 26.2 Å². The molecule has 26 heavy (non-hydrogen) atoms. The molecule has 7 nitrogen and oxygen atoms in total. The van der Waals surface area contributed by atoms with Gasteiger partial charge >= 0.3 is 0 Å². The fourth-order valence-corrected chi connectivity index (χ4v) is 3.47. The topological polar surface area (TPSA) is 110 Å². The Labute approximate surface area is 159 Å². The van der Waals surface area contributed by atoms with E-state index in [0.29, 0.717) is 12.2 Å². The fourth-order valence-electron chi connectivity index (χ4n) is 2.69. The Morgan fingerprint density at radius 3 is 2.27 bits per heavy atom. The number of imide groups is 1. The van der Waals surface area contributed by atoms with Crippen molar-refractivity contribution in [3.05, 3.63) is 58.6 Å². The lowest BCUT2D eigenvalue weighted by atomic mass is 10.2. The molecule has 0 aromatic heterocycles. The van der Waals surface area contributed by atoms with Gasteiger partial charge in [-0.05, 0) is 42.0 Å². The van der Waals surface area contributed by atoms with Crippen molar-refractivity contribution in [3.63, 3.8) is 0 Å². The van der Waals surface area contributed by atoms with Crippen molar-refractivity contribution < 1.29 is 18.0 Å². The summed E-state index contributed by atoms with van der Waals surface area (Å²) in [7, 11) is -3.74. The minimum Gasteiger partial charge on any atom is -0.301 e. The lowest BCUT2D eigenvalue weighted by Gasteiger charge is -2.15. The standard InChI is InChI=1S/C17H16BrN3O4S/c18-12-3-5-13(6-4-12)21-16(22)9-15(17(21)23)20-10-11-1-7-14(8-2-11)26(19,24)25/h1-8,15,20H,9-10H2,(H2,19,24,25). The zero-order valence-corrected chi connectivity index (χ0v) is 16.0. The molecule has 0 radical (unpaired) electrons. The van der Waals surface area contributed by atoms with Crippen LogP contribution < -0.4 is 15.4 Å². The molecule has 0 saturated carbocycles. The van der Waals surface area contributed by atoms with Gasteiger partial charge in [-0.2, -0.15) is 0 Å². The van der Waals surface area contributed by atoms with E-state index in [9.17, 15) is 18.0 Å². The number of nitrogens with zero attached hydrogens (tertiary/aromatic N) is 1. The molecule has 1 fully saturated rings. The highest BCUT2D eigenvalue weighted by Gasteiger charge is 2.39. The first kappa shape index (κ1) is 18.7. The number of carbonyl (C=O) groups is 2. The van der Waals surface area contributed by atoms with Crippen molar-refractivity contribution in [1.82, 2.24) is 5.32 Å². The van der Waals surface area contributed by atoms with Crippen molar-refractivity contribution in [3.8, 4) is 0 Å². The maximum absolute atomic E-state index is 12.5. The van der Waals surface area contributed by atoms with E-state index in [-0.39, 0.29) is 23.1 Å². The number of nitrogens with one attached hydrogen (secondary N) is 1. The van der Waals surface area contributed by atoms with Crippen molar-refractivity contribution in [2.75, 3.05) is 4.90 Å². The summed E-state index contributed by atoms with van der Waals surface area (Å²) in [6, 6.07) is 12.4. The minimum absolute atomic E-state index is 0.0229. The van der Waals surface area contributed by atoms with Gasteiger partial charge in [0.05, 0.1) is 23.0 Å². The van der Waals surface area contributed by atoms with Gasteiger partial charge in [-0.25, -0.2) is 18.5 Å². The summed E-state index contributed by atoms with van der Waals surface area (Å²) in [6.45, 7) is 0.322. The van der Waals surface area contributed by atoms with Crippen LogP contribution in [0, 0.1) is 0 Å². The van der Waals surface area contributed by atoms with Gasteiger partial charge in [0.15, 0.2) is 0 Å². The third kappa shape index (κ3) is 4.01. The molecule has 1 heterocycles. The predicted molar refractivity (Wildman–Crippen MR) is 99.7 cm³/mol. The first-order valence-corrected chi connectivity index (χ1v) is 10.1. The van der Waals surface area contributed by atoms with E-state index < -0.39 is 16.1 Å². The quantitative estimate of drug-likeness (QED) is 0.688. The second-order valence-corrected chi connectivity index (χ2v) is 8.35. The second kappa shape index (κ2) is 7.28. The van der Waals surface area contributed by atoms with Gasteiger partial charge < -0.3 is 5.32 Å². The fraction of sp³-hybridized carbons (Fsp3) is 0.176. The summed E-state index contributed by atoms with van der Waals surface area (Å²) in [4.78, 5) is 26.0. The number of amides is 2. The average molecular weight is 438 g/mol. The van der Waals surface area contributed by atoms with E-state index in [2.05, 4.69) is 21.2 Å². The molecule has 1 atom stereocenters. The molecule has 1 saturated heterocycles. The summed E-state index contributed by atoms with van der Waals surface area (Å²) in [5, 5.41) is 8.11. The monoisotopic (exact) mass is 437 g/mol. The van der Waals surface area contributed by atoms with Crippen LogP contribution in [0.25, 0.3) is 0 Å². The predicted octanol–water partition coefficient (Wildman–Crippen LogP) is 1.52. The summed E-state index contributed by atoms with van der Waals surface area (Å²) in [5.41, 5.74) is 1.31. The van der Waals surface area contributed by atoms with Gasteiger partial charge in [0.2, 0.25) is 15.9 Å². The lowest BCUT2D eigenvalue weighted by Crippen LogP contribution is -2.38. The molecule has 2 aromatic carbocycles. The summed E-state index contributed by atoms with van der Waals surface area (Å²) in [6.07, 6.45) is 0.0736. The maximum Gasteiger partial charge on any atom is 0.251 e. The highest BCUT2D eigenvalue weighted by atomic mass is 79.9. The third-order valence-corrected chi connectivity index (χ3v) is 5.49. The van der Waals surface area contributed by atoms with Crippen LogP contribution in [0.1, 0.15) is 12.0 Å². The van der Waals surface area contributed by atoms with Gasteiger partial charge in [0.25, 0.3) is 5.91 Å². The number of halogens is 1. The number of benzene rings is 2. The molecule has 1 aliphatic heterocycles. The van der Waals surface area contributed by atoms with Crippen LogP contribution in [0.3, 0.4) is 0 Å². The highest BCUT2D eigenvalue weighted by Crippen LogP contribution is 2.24. The number of nitrogens with two attached hydrogens (primary N) is 1. The van der Waals surface area contributed by atoms with Crippen molar-refractivity contribution in [2.45, 2.75) is 23.9 Å². The molecule has 2 aromatic rings. The minimum atomic E-state index is -3.74. The number of primary sulfonamides is 1. The molecule has 136 valence electrons.